The number of carbonyl (C=O) groups is 2. The molecule has 0 radical (unpaired) electrons. The highest BCUT2D eigenvalue weighted by Crippen LogP contribution is 2.26. The van der Waals surface area contributed by atoms with Crippen LogP contribution < -0.4 is 4.74 Å². The molecule has 0 unspecified atom stereocenters. The van der Waals surface area contributed by atoms with Crippen molar-refractivity contribution in [3.05, 3.63) is 65.7 Å². The number of nitrogens with zero attached hydrogens (tertiary/aromatic N) is 3. The van der Waals surface area contributed by atoms with Crippen molar-refractivity contribution < 1.29 is 27.4 Å². The highest BCUT2D eigenvalue weighted by atomic mass is 32.2. The zero-order valence-corrected chi connectivity index (χ0v) is 15.1. The highest BCUT2D eigenvalue weighted by molar-refractivity contribution is 7.91. The van der Waals surface area contributed by atoms with Crippen LogP contribution in [-0.4, -0.2) is 48.6 Å². The van der Waals surface area contributed by atoms with Gasteiger partial charge in [-0.1, -0.05) is 30.3 Å². The molecular weight excluding hydrogens is 386 g/mol. The lowest BCUT2D eigenvalue weighted by molar-refractivity contribution is 0.0628. The number of aromatic nitrogens is 2. The minimum atomic E-state index is -3.98. The van der Waals surface area contributed by atoms with E-state index in [-0.39, 0.29) is 23.9 Å². The van der Waals surface area contributed by atoms with Crippen LogP contribution in [0.4, 0.5) is 0 Å². The minimum absolute atomic E-state index is 0.0101. The summed E-state index contributed by atoms with van der Waals surface area (Å²) in [6.45, 7) is -0.249. The predicted molar refractivity (Wildman–Crippen MR) is 93.5 cm³/mol. The largest absolute Gasteiger partial charge is 0.471 e. The van der Waals surface area contributed by atoms with Gasteiger partial charge in [0, 0.05) is 0 Å². The molecule has 142 valence electrons. The van der Waals surface area contributed by atoms with Crippen LogP contribution in [0.25, 0.3) is 0 Å². The van der Waals surface area contributed by atoms with Crippen LogP contribution in [0.3, 0.4) is 0 Å². The average Bonchev–Trinajstić information content (AvgIpc) is 3.28. The monoisotopic (exact) mass is 399 g/mol. The zero-order valence-electron chi connectivity index (χ0n) is 14.3. The van der Waals surface area contributed by atoms with Crippen LogP contribution in [0.2, 0.25) is 0 Å². The predicted octanol–water partition coefficient (Wildman–Crippen LogP) is 1.58. The quantitative estimate of drug-likeness (QED) is 0.573. The summed E-state index contributed by atoms with van der Waals surface area (Å²) in [6, 6.07) is 14.1. The standard InChI is InChI=1S/C18H13N3O6S/c22-17-13-8-4-5-9-14(13)18(23)21(17)10-11-26-15-16(20-27-19-15)28(24,25)12-6-2-1-3-7-12/h1-9H,10-11H2. The third-order valence-corrected chi connectivity index (χ3v) is 5.82. The summed E-state index contributed by atoms with van der Waals surface area (Å²) in [5.41, 5.74) is 0.644. The SMILES string of the molecule is O=C1c2ccccc2C(=O)N1CCOc1nonc1S(=O)(=O)c1ccccc1. The minimum Gasteiger partial charge on any atom is -0.471 e. The first-order valence-corrected chi connectivity index (χ1v) is 9.69. The Kier molecular flexibility index (Phi) is 4.40. The molecule has 0 aliphatic carbocycles. The Bertz CT molecular complexity index is 1120. The molecular formula is C18H13N3O6S. The van der Waals surface area contributed by atoms with Gasteiger partial charge in [-0.25, -0.2) is 13.0 Å². The lowest BCUT2D eigenvalue weighted by atomic mass is 10.1. The molecule has 0 N–H and O–H groups in total. The Morgan fingerprint density at radius 2 is 1.50 bits per heavy atom. The van der Waals surface area contributed by atoms with Gasteiger partial charge < -0.3 is 4.74 Å². The molecule has 0 saturated carbocycles. The summed E-state index contributed by atoms with van der Waals surface area (Å²) in [4.78, 5) is 25.7. The topological polar surface area (TPSA) is 120 Å². The van der Waals surface area contributed by atoms with Crippen molar-refractivity contribution in [1.29, 1.82) is 0 Å². The van der Waals surface area contributed by atoms with Gasteiger partial charge in [0.15, 0.2) is 0 Å². The fourth-order valence-corrected chi connectivity index (χ4v) is 4.01. The molecule has 10 heteroatoms. The van der Waals surface area contributed by atoms with Gasteiger partial charge >= 0.3 is 0 Å². The summed E-state index contributed by atoms with van der Waals surface area (Å²) in [5, 5.41) is 6.43. The number of carbonyl (C=O) groups excluding carboxylic acids is 2. The smallest absolute Gasteiger partial charge is 0.295 e. The van der Waals surface area contributed by atoms with E-state index in [2.05, 4.69) is 14.9 Å². The van der Waals surface area contributed by atoms with Crippen LogP contribution in [0.15, 0.2) is 69.1 Å². The summed E-state index contributed by atoms with van der Waals surface area (Å²) < 4.78 is 35.1. The van der Waals surface area contributed by atoms with E-state index in [1.165, 1.54) is 12.1 Å². The molecule has 0 fully saturated rings. The maximum atomic E-state index is 12.6. The van der Waals surface area contributed by atoms with Gasteiger partial charge in [0.25, 0.3) is 22.7 Å². The number of hydrogen-bond acceptors (Lipinski definition) is 8. The number of amides is 2. The lowest BCUT2D eigenvalue weighted by Gasteiger charge is -2.13. The van der Waals surface area contributed by atoms with Crippen molar-refractivity contribution in [2.75, 3.05) is 13.2 Å². The van der Waals surface area contributed by atoms with E-state index in [9.17, 15) is 18.0 Å². The van der Waals surface area contributed by atoms with Gasteiger partial charge in [-0.2, -0.15) is 0 Å². The molecule has 0 spiro atoms. The van der Waals surface area contributed by atoms with Crippen molar-refractivity contribution in [2.24, 2.45) is 0 Å². The molecule has 0 saturated heterocycles. The third-order valence-electron chi connectivity index (χ3n) is 4.17. The van der Waals surface area contributed by atoms with Gasteiger partial charge in [-0.3, -0.25) is 14.5 Å². The number of imide groups is 1. The summed E-state index contributed by atoms with van der Waals surface area (Å²) in [7, 11) is -3.98. The summed E-state index contributed by atoms with van der Waals surface area (Å²) >= 11 is 0. The second kappa shape index (κ2) is 6.89. The molecule has 9 nitrogen and oxygen atoms in total. The van der Waals surface area contributed by atoms with Crippen LogP contribution in [0.1, 0.15) is 20.7 Å². The van der Waals surface area contributed by atoms with Crippen molar-refractivity contribution >= 4 is 21.7 Å². The van der Waals surface area contributed by atoms with E-state index in [0.717, 1.165) is 4.90 Å². The van der Waals surface area contributed by atoms with Gasteiger partial charge in [0.2, 0.25) is 9.84 Å². The van der Waals surface area contributed by atoms with Gasteiger partial charge in [-0.15, -0.1) is 0 Å². The van der Waals surface area contributed by atoms with Crippen LogP contribution in [0.5, 0.6) is 5.88 Å². The van der Waals surface area contributed by atoms with Gasteiger partial charge in [0.05, 0.1) is 22.6 Å². The van der Waals surface area contributed by atoms with Crippen molar-refractivity contribution in [1.82, 2.24) is 15.2 Å². The Balaban J connectivity index is 1.48. The molecule has 0 bridgehead atoms. The maximum absolute atomic E-state index is 12.6. The van der Waals surface area contributed by atoms with Crippen molar-refractivity contribution in [3.8, 4) is 5.88 Å². The second-order valence-electron chi connectivity index (χ2n) is 5.85. The Hall–Kier alpha value is -3.53. The number of sulfone groups is 1. The van der Waals surface area contributed by atoms with Crippen LogP contribution in [0, 0.1) is 0 Å². The van der Waals surface area contributed by atoms with Gasteiger partial charge in [0.1, 0.15) is 6.61 Å². The molecule has 2 heterocycles. The normalized spacial score (nSPS) is 13.6. The Morgan fingerprint density at radius 1 is 0.893 bits per heavy atom. The number of benzene rings is 2. The van der Waals surface area contributed by atoms with E-state index in [1.54, 1.807) is 42.5 Å². The molecule has 4 rings (SSSR count). The van der Waals surface area contributed by atoms with E-state index < -0.39 is 26.7 Å². The zero-order chi connectivity index (χ0) is 19.7. The molecule has 0 atom stereocenters. The van der Waals surface area contributed by atoms with Gasteiger partial charge in [-0.05, 0) is 34.6 Å². The fourth-order valence-electron chi connectivity index (χ4n) is 2.81. The van der Waals surface area contributed by atoms with E-state index in [1.807, 2.05) is 0 Å². The summed E-state index contributed by atoms with van der Waals surface area (Å²) in [6.07, 6.45) is 0. The Labute approximate surface area is 159 Å². The molecule has 2 amide bonds. The number of hydrogen-bond donors (Lipinski definition) is 0. The van der Waals surface area contributed by atoms with Crippen LogP contribution >= 0.6 is 0 Å². The Morgan fingerprint density at radius 3 is 2.14 bits per heavy atom. The maximum Gasteiger partial charge on any atom is 0.295 e. The fraction of sp³-hybridized carbons (Fsp3) is 0.111. The number of ether oxygens (including phenoxy) is 1. The van der Waals surface area contributed by atoms with E-state index in [0.29, 0.717) is 11.1 Å². The van der Waals surface area contributed by atoms with E-state index in [4.69, 9.17) is 4.74 Å². The number of fused-ring (bicyclic) bond motifs is 1. The first-order chi connectivity index (χ1) is 13.5. The lowest BCUT2D eigenvalue weighted by Crippen LogP contribution is -2.33. The van der Waals surface area contributed by atoms with Crippen molar-refractivity contribution in [2.45, 2.75) is 9.92 Å². The van der Waals surface area contributed by atoms with Crippen LogP contribution in [-0.2, 0) is 9.84 Å². The average molecular weight is 399 g/mol. The molecule has 2 aromatic carbocycles. The molecule has 1 aliphatic rings. The first-order valence-electron chi connectivity index (χ1n) is 8.21. The first kappa shape index (κ1) is 17.9. The third kappa shape index (κ3) is 2.93. The highest BCUT2D eigenvalue weighted by Gasteiger charge is 2.35. The molecule has 1 aliphatic heterocycles. The van der Waals surface area contributed by atoms with E-state index >= 15 is 0 Å². The number of rotatable bonds is 6. The molecule has 1 aromatic heterocycles. The summed E-state index contributed by atoms with van der Waals surface area (Å²) in [5.74, 6) is -1.19. The molecule has 28 heavy (non-hydrogen) atoms. The van der Waals surface area contributed by atoms with Crippen molar-refractivity contribution in [3.63, 3.8) is 0 Å². The molecule has 3 aromatic rings. The second-order valence-corrected chi connectivity index (χ2v) is 7.71.